The van der Waals surface area contributed by atoms with Crippen LogP contribution in [0.15, 0.2) is 45.7 Å². The van der Waals surface area contributed by atoms with Crippen molar-refractivity contribution in [1.82, 2.24) is 4.72 Å². The van der Waals surface area contributed by atoms with Gasteiger partial charge >= 0.3 is 5.97 Å². The van der Waals surface area contributed by atoms with Crippen LogP contribution in [0.25, 0.3) is 0 Å². The Balaban J connectivity index is 2.19. The number of sulfonamides is 1. The molecule has 2 N–H and O–H groups in total. The standard InChI is InChI=1S/C14H15NO5S/c1-9-3-8-13(20-9)10(2)15-21(18,19)12-6-4-11(5-7-12)14(16)17/h3-8,10,15H,1-2H3,(H,16,17)/t10-/m1/s1. The van der Waals surface area contributed by atoms with Crippen LogP contribution >= 0.6 is 0 Å². The summed E-state index contributed by atoms with van der Waals surface area (Å²) in [4.78, 5) is 10.8. The summed E-state index contributed by atoms with van der Waals surface area (Å²) in [6.45, 7) is 3.44. The van der Waals surface area contributed by atoms with Crippen molar-refractivity contribution in [3.8, 4) is 0 Å². The van der Waals surface area contributed by atoms with E-state index in [1.807, 2.05) is 0 Å². The smallest absolute Gasteiger partial charge is 0.335 e. The molecule has 1 atom stereocenters. The minimum absolute atomic E-state index is 0.00243. The molecular weight excluding hydrogens is 294 g/mol. The Morgan fingerprint density at radius 1 is 1.19 bits per heavy atom. The molecule has 6 nitrogen and oxygen atoms in total. The number of carbonyl (C=O) groups is 1. The summed E-state index contributed by atoms with van der Waals surface area (Å²) in [5.41, 5.74) is 0.0312. The van der Waals surface area contributed by atoms with Gasteiger partial charge in [0.1, 0.15) is 11.5 Å². The van der Waals surface area contributed by atoms with Crippen molar-refractivity contribution in [2.45, 2.75) is 24.8 Å². The number of hydrogen-bond acceptors (Lipinski definition) is 4. The first-order chi connectivity index (χ1) is 9.79. The molecule has 0 saturated heterocycles. The molecule has 1 heterocycles. The third kappa shape index (κ3) is 3.50. The molecule has 1 aromatic carbocycles. The normalized spacial score (nSPS) is 13.0. The quantitative estimate of drug-likeness (QED) is 0.883. The van der Waals surface area contributed by atoms with Gasteiger partial charge in [-0.2, -0.15) is 0 Å². The average Bonchev–Trinajstić information content (AvgIpc) is 2.85. The predicted molar refractivity (Wildman–Crippen MR) is 75.6 cm³/mol. The molecule has 2 rings (SSSR count). The SMILES string of the molecule is Cc1ccc([C@@H](C)NS(=O)(=O)c2ccc(C(=O)O)cc2)o1. The van der Waals surface area contributed by atoms with E-state index in [1.165, 1.54) is 24.3 Å². The summed E-state index contributed by atoms with van der Waals surface area (Å²) < 4.78 is 32.3. The molecule has 2 aromatic rings. The average molecular weight is 309 g/mol. The van der Waals surface area contributed by atoms with E-state index < -0.39 is 22.0 Å². The second-order valence-corrected chi connectivity index (χ2v) is 6.33. The molecule has 0 unspecified atom stereocenters. The number of aromatic carboxylic acids is 1. The molecular formula is C14H15NO5S. The number of hydrogen-bond donors (Lipinski definition) is 2. The highest BCUT2D eigenvalue weighted by Gasteiger charge is 2.20. The zero-order valence-electron chi connectivity index (χ0n) is 11.5. The van der Waals surface area contributed by atoms with E-state index in [9.17, 15) is 13.2 Å². The second kappa shape index (κ2) is 5.71. The number of benzene rings is 1. The third-order valence-corrected chi connectivity index (χ3v) is 4.49. The number of rotatable bonds is 5. The van der Waals surface area contributed by atoms with Crippen molar-refractivity contribution in [1.29, 1.82) is 0 Å². The van der Waals surface area contributed by atoms with Crippen molar-refractivity contribution < 1.29 is 22.7 Å². The maximum Gasteiger partial charge on any atom is 0.335 e. The summed E-state index contributed by atoms with van der Waals surface area (Å²) >= 11 is 0. The number of furan rings is 1. The minimum Gasteiger partial charge on any atom is -0.478 e. The number of carboxylic acid groups (broad SMARTS) is 1. The molecule has 7 heteroatoms. The molecule has 0 amide bonds. The summed E-state index contributed by atoms with van der Waals surface area (Å²) in [6, 6.07) is 7.94. The van der Waals surface area contributed by atoms with Crippen LogP contribution in [0.1, 0.15) is 34.8 Å². The summed E-state index contributed by atoms with van der Waals surface area (Å²) in [5, 5.41) is 8.80. The molecule has 0 spiro atoms. The first-order valence-corrected chi connectivity index (χ1v) is 7.70. The monoisotopic (exact) mass is 309 g/mol. The van der Waals surface area contributed by atoms with E-state index in [1.54, 1.807) is 26.0 Å². The van der Waals surface area contributed by atoms with Crippen molar-refractivity contribution in [2.75, 3.05) is 0 Å². The summed E-state index contributed by atoms with van der Waals surface area (Å²) in [6.07, 6.45) is 0. The Morgan fingerprint density at radius 3 is 2.29 bits per heavy atom. The Morgan fingerprint density at radius 2 is 1.81 bits per heavy atom. The van der Waals surface area contributed by atoms with Crippen LogP contribution in [0.5, 0.6) is 0 Å². The lowest BCUT2D eigenvalue weighted by molar-refractivity contribution is 0.0696. The Bertz CT molecular complexity index is 746. The lowest BCUT2D eigenvalue weighted by Gasteiger charge is -2.12. The fourth-order valence-electron chi connectivity index (χ4n) is 1.82. The van der Waals surface area contributed by atoms with Gasteiger partial charge < -0.3 is 9.52 Å². The zero-order chi connectivity index (χ0) is 15.6. The molecule has 0 aliphatic heterocycles. The van der Waals surface area contributed by atoms with E-state index in [0.717, 1.165) is 0 Å². The van der Waals surface area contributed by atoms with E-state index in [-0.39, 0.29) is 10.5 Å². The van der Waals surface area contributed by atoms with Gasteiger partial charge in [-0.15, -0.1) is 0 Å². The maximum absolute atomic E-state index is 12.2. The molecule has 0 fully saturated rings. The summed E-state index contributed by atoms with van der Waals surface area (Å²) in [7, 11) is -3.74. The Labute approximate surface area is 122 Å². The molecule has 0 radical (unpaired) electrons. The van der Waals surface area contributed by atoms with Gasteiger partial charge in [0, 0.05) is 0 Å². The second-order valence-electron chi connectivity index (χ2n) is 4.62. The minimum atomic E-state index is -3.74. The number of carboxylic acids is 1. The summed E-state index contributed by atoms with van der Waals surface area (Å²) in [5.74, 6) is 0.103. The highest BCUT2D eigenvalue weighted by Crippen LogP contribution is 2.19. The van der Waals surface area contributed by atoms with Crippen LogP contribution in [0, 0.1) is 6.92 Å². The predicted octanol–water partition coefficient (Wildman–Crippen LogP) is 2.33. The molecule has 0 aliphatic carbocycles. The van der Waals surface area contributed by atoms with Crippen LogP contribution in [0.3, 0.4) is 0 Å². The van der Waals surface area contributed by atoms with E-state index >= 15 is 0 Å². The molecule has 112 valence electrons. The van der Waals surface area contributed by atoms with Crippen LogP contribution in [-0.4, -0.2) is 19.5 Å². The van der Waals surface area contributed by atoms with Gasteiger partial charge in [0.25, 0.3) is 0 Å². The van der Waals surface area contributed by atoms with E-state index in [4.69, 9.17) is 9.52 Å². The number of nitrogens with one attached hydrogen (secondary N) is 1. The van der Waals surface area contributed by atoms with Crippen LogP contribution in [-0.2, 0) is 10.0 Å². The van der Waals surface area contributed by atoms with Gasteiger partial charge in [-0.25, -0.2) is 17.9 Å². The van der Waals surface area contributed by atoms with Gasteiger partial charge in [-0.3, -0.25) is 0 Å². The van der Waals surface area contributed by atoms with Crippen LogP contribution in [0.2, 0.25) is 0 Å². The van der Waals surface area contributed by atoms with Gasteiger partial charge in [-0.05, 0) is 50.2 Å². The fraction of sp³-hybridized carbons (Fsp3) is 0.214. The van der Waals surface area contributed by atoms with Crippen molar-refractivity contribution in [2.24, 2.45) is 0 Å². The van der Waals surface area contributed by atoms with Gasteiger partial charge in [0.2, 0.25) is 10.0 Å². The van der Waals surface area contributed by atoms with Crippen molar-refractivity contribution >= 4 is 16.0 Å². The molecule has 1 aromatic heterocycles. The highest BCUT2D eigenvalue weighted by atomic mass is 32.2. The molecule has 21 heavy (non-hydrogen) atoms. The zero-order valence-corrected chi connectivity index (χ0v) is 12.3. The van der Waals surface area contributed by atoms with Gasteiger partial charge in [-0.1, -0.05) is 0 Å². The fourth-order valence-corrected chi connectivity index (χ4v) is 3.03. The lowest BCUT2D eigenvalue weighted by atomic mass is 10.2. The van der Waals surface area contributed by atoms with Crippen LogP contribution in [0.4, 0.5) is 0 Å². The maximum atomic E-state index is 12.2. The van der Waals surface area contributed by atoms with E-state index in [0.29, 0.717) is 11.5 Å². The Kier molecular flexibility index (Phi) is 4.15. The topological polar surface area (TPSA) is 96.6 Å². The van der Waals surface area contributed by atoms with Crippen LogP contribution < -0.4 is 4.72 Å². The molecule has 0 saturated carbocycles. The Hall–Kier alpha value is -2.12. The third-order valence-electron chi connectivity index (χ3n) is 2.93. The van der Waals surface area contributed by atoms with Crippen molar-refractivity contribution in [3.05, 3.63) is 53.5 Å². The molecule has 0 aliphatic rings. The highest BCUT2D eigenvalue weighted by molar-refractivity contribution is 7.89. The largest absolute Gasteiger partial charge is 0.478 e. The first kappa shape index (κ1) is 15.3. The lowest BCUT2D eigenvalue weighted by Crippen LogP contribution is -2.26. The first-order valence-electron chi connectivity index (χ1n) is 6.21. The molecule has 0 bridgehead atoms. The van der Waals surface area contributed by atoms with Crippen molar-refractivity contribution in [3.63, 3.8) is 0 Å². The van der Waals surface area contributed by atoms with Gasteiger partial charge in [0.15, 0.2) is 0 Å². The number of aryl methyl sites for hydroxylation is 1. The van der Waals surface area contributed by atoms with Gasteiger partial charge in [0.05, 0.1) is 16.5 Å². The van der Waals surface area contributed by atoms with E-state index in [2.05, 4.69) is 4.72 Å².